The van der Waals surface area contributed by atoms with Crippen molar-refractivity contribution < 1.29 is 14.1 Å². The number of aryl methyl sites for hydroxylation is 2. The molecule has 5 heteroatoms. The molecular formula is C21H26N2O3. The van der Waals surface area contributed by atoms with Gasteiger partial charge in [-0.1, -0.05) is 22.9 Å². The molecular weight excluding hydrogens is 328 g/mol. The highest BCUT2D eigenvalue weighted by Gasteiger charge is 2.30. The predicted octanol–water partition coefficient (Wildman–Crippen LogP) is 3.79. The Morgan fingerprint density at radius 3 is 2.88 bits per heavy atom. The lowest BCUT2D eigenvalue weighted by Gasteiger charge is -2.32. The van der Waals surface area contributed by atoms with E-state index < -0.39 is 0 Å². The quantitative estimate of drug-likeness (QED) is 0.838. The molecule has 0 radical (unpaired) electrons. The number of amides is 1. The number of likely N-dealkylation sites (tertiary alicyclic amines) is 1. The highest BCUT2D eigenvalue weighted by Crippen LogP contribution is 2.27. The fraction of sp³-hybridized carbons (Fsp3) is 0.524. The summed E-state index contributed by atoms with van der Waals surface area (Å²) in [6.45, 7) is 4.23. The van der Waals surface area contributed by atoms with Crippen LogP contribution in [-0.2, 0) is 12.8 Å². The van der Waals surface area contributed by atoms with Crippen molar-refractivity contribution in [1.82, 2.24) is 10.1 Å². The molecule has 138 valence electrons. The van der Waals surface area contributed by atoms with Gasteiger partial charge in [-0.15, -0.1) is 0 Å². The minimum Gasteiger partial charge on any atom is -0.493 e. The van der Waals surface area contributed by atoms with Crippen molar-refractivity contribution in [2.75, 3.05) is 19.7 Å². The van der Waals surface area contributed by atoms with Crippen LogP contribution in [0.2, 0.25) is 0 Å². The summed E-state index contributed by atoms with van der Waals surface area (Å²) in [6, 6.07) is 8.12. The first-order valence-electron chi connectivity index (χ1n) is 9.67. The average Bonchev–Trinajstić information content (AvgIpc) is 3.11. The van der Waals surface area contributed by atoms with Crippen molar-refractivity contribution in [3.8, 4) is 5.75 Å². The maximum atomic E-state index is 13.0. The summed E-state index contributed by atoms with van der Waals surface area (Å²) in [4.78, 5) is 14.9. The highest BCUT2D eigenvalue weighted by molar-refractivity contribution is 5.94. The van der Waals surface area contributed by atoms with Crippen molar-refractivity contribution >= 4 is 5.91 Å². The summed E-state index contributed by atoms with van der Waals surface area (Å²) in [7, 11) is 0. The van der Waals surface area contributed by atoms with E-state index in [2.05, 4.69) is 24.2 Å². The Balaban J connectivity index is 1.38. The second-order valence-corrected chi connectivity index (χ2v) is 7.52. The van der Waals surface area contributed by atoms with E-state index in [1.165, 1.54) is 5.56 Å². The Kier molecular flexibility index (Phi) is 4.96. The van der Waals surface area contributed by atoms with E-state index in [1.54, 1.807) is 0 Å². The van der Waals surface area contributed by atoms with Gasteiger partial charge < -0.3 is 14.2 Å². The third kappa shape index (κ3) is 3.62. The van der Waals surface area contributed by atoms with Gasteiger partial charge in [0.15, 0.2) is 5.69 Å². The van der Waals surface area contributed by atoms with E-state index in [1.807, 2.05) is 17.0 Å². The molecule has 1 aliphatic heterocycles. The molecule has 1 amide bonds. The molecule has 0 bridgehead atoms. The summed E-state index contributed by atoms with van der Waals surface area (Å²) in [5.41, 5.74) is 2.81. The van der Waals surface area contributed by atoms with E-state index >= 15 is 0 Å². The zero-order chi connectivity index (χ0) is 17.9. The van der Waals surface area contributed by atoms with Gasteiger partial charge in [0.05, 0.1) is 6.61 Å². The molecule has 2 aliphatic rings. The van der Waals surface area contributed by atoms with Gasteiger partial charge in [-0.2, -0.15) is 0 Å². The molecule has 1 aromatic heterocycles. The lowest BCUT2D eigenvalue weighted by atomic mass is 9.95. The zero-order valence-corrected chi connectivity index (χ0v) is 15.4. The number of carbonyl (C=O) groups excluding carboxylic acids is 1. The normalized spacial score (nSPS) is 19.9. The van der Waals surface area contributed by atoms with Gasteiger partial charge in [0, 0.05) is 31.0 Å². The first-order chi connectivity index (χ1) is 12.7. The molecule has 1 fully saturated rings. The summed E-state index contributed by atoms with van der Waals surface area (Å²) >= 11 is 0. The predicted molar refractivity (Wildman–Crippen MR) is 98.4 cm³/mol. The standard InChI is InChI=1S/C21H26N2O3/c1-15-8-10-17(11-9-15)25-14-16-5-4-12-23(13-16)21(24)20-18-6-2-3-7-19(18)26-22-20/h8-11,16H,2-7,12-14H2,1H3. The van der Waals surface area contributed by atoms with E-state index in [4.69, 9.17) is 9.26 Å². The smallest absolute Gasteiger partial charge is 0.276 e. The van der Waals surface area contributed by atoms with Crippen LogP contribution >= 0.6 is 0 Å². The molecule has 1 atom stereocenters. The maximum absolute atomic E-state index is 13.0. The number of carbonyl (C=O) groups is 1. The SMILES string of the molecule is Cc1ccc(OCC2CCCN(C(=O)c3noc4c3CCCC4)C2)cc1. The Bertz CT molecular complexity index is 766. The number of rotatable bonds is 4. The number of fused-ring (bicyclic) bond motifs is 1. The van der Waals surface area contributed by atoms with Crippen LogP contribution in [0.4, 0.5) is 0 Å². The fourth-order valence-corrected chi connectivity index (χ4v) is 3.94. The van der Waals surface area contributed by atoms with Gasteiger partial charge in [0.25, 0.3) is 5.91 Å². The van der Waals surface area contributed by atoms with E-state index in [9.17, 15) is 4.79 Å². The summed E-state index contributed by atoms with van der Waals surface area (Å²) in [5, 5.41) is 4.10. The molecule has 2 aromatic rings. The van der Waals surface area contributed by atoms with Crippen molar-refractivity contribution in [3.05, 3.63) is 46.8 Å². The molecule has 0 spiro atoms. The minimum absolute atomic E-state index is 0.0249. The van der Waals surface area contributed by atoms with Crippen LogP contribution in [0.15, 0.2) is 28.8 Å². The van der Waals surface area contributed by atoms with E-state index in [-0.39, 0.29) is 5.91 Å². The maximum Gasteiger partial charge on any atom is 0.276 e. The summed E-state index contributed by atoms with van der Waals surface area (Å²) < 4.78 is 11.4. The third-order valence-corrected chi connectivity index (χ3v) is 5.47. The van der Waals surface area contributed by atoms with E-state index in [0.717, 1.165) is 68.7 Å². The highest BCUT2D eigenvalue weighted by atomic mass is 16.5. The van der Waals surface area contributed by atoms with Gasteiger partial charge in [-0.05, 0) is 51.2 Å². The van der Waals surface area contributed by atoms with Gasteiger partial charge in [-0.25, -0.2) is 0 Å². The number of nitrogens with zero attached hydrogens (tertiary/aromatic N) is 2. The van der Waals surface area contributed by atoms with Crippen molar-refractivity contribution in [1.29, 1.82) is 0 Å². The number of benzene rings is 1. The number of aromatic nitrogens is 1. The molecule has 4 rings (SSSR count). The number of hydrogen-bond acceptors (Lipinski definition) is 4. The Morgan fingerprint density at radius 1 is 1.23 bits per heavy atom. The largest absolute Gasteiger partial charge is 0.493 e. The van der Waals surface area contributed by atoms with Crippen LogP contribution in [-0.4, -0.2) is 35.7 Å². The van der Waals surface area contributed by atoms with Gasteiger partial charge in [0.1, 0.15) is 11.5 Å². The molecule has 26 heavy (non-hydrogen) atoms. The average molecular weight is 354 g/mol. The molecule has 0 saturated carbocycles. The number of piperidine rings is 1. The van der Waals surface area contributed by atoms with Crippen LogP contribution in [0.1, 0.15) is 53.1 Å². The Hall–Kier alpha value is -2.30. The number of hydrogen-bond donors (Lipinski definition) is 0. The molecule has 1 saturated heterocycles. The molecule has 2 heterocycles. The first-order valence-corrected chi connectivity index (χ1v) is 9.67. The van der Waals surface area contributed by atoms with Crippen molar-refractivity contribution in [2.24, 2.45) is 5.92 Å². The molecule has 0 N–H and O–H groups in total. The fourth-order valence-electron chi connectivity index (χ4n) is 3.94. The first kappa shape index (κ1) is 17.1. The molecule has 1 aromatic carbocycles. The van der Waals surface area contributed by atoms with Crippen LogP contribution in [0.25, 0.3) is 0 Å². The second kappa shape index (κ2) is 7.52. The van der Waals surface area contributed by atoms with Crippen molar-refractivity contribution in [2.45, 2.75) is 45.4 Å². The van der Waals surface area contributed by atoms with Crippen LogP contribution < -0.4 is 4.74 Å². The lowest BCUT2D eigenvalue weighted by Crippen LogP contribution is -2.42. The van der Waals surface area contributed by atoms with Gasteiger partial charge >= 0.3 is 0 Å². The zero-order valence-electron chi connectivity index (χ0n) is 15.4. The van der Waals surface area contributed by atoms with Gasteiger partial charge in [0.2, 0.25) is 0 Å². The Morgan fingerprint density at radius 2 is 2.04 bits per heavy atom. The second-order valence-electron chi connectivity index (χ2n) is 7.52. The molecule has 1 unspecified atom stereocenters. The monoisotopic (exact) mass is 354 g/mol. The molecule has 5 nitrogen and oxygen atoms in total. The van der Waals surface area contributed by atoms with E-state index in [0.29, 0.717) is 18.2 Å². The van der Waals surface area contributed by atoms with Crippen LogP contribution in [0.5, 0.6) is 5.75 Å². The topological polar surface area (TPSA) is 55.6 Å². The summed E-state index contributed by atoms with van der Waals surface area (Å²) in [5.74, 6) is 2.19. The van der Waals surface area contributed by atoms with Crippen LogP contribution in [0, 0.1) is 12.8 Å². The summed E-state index contributed by atoms with van der Waals surface area (Å²) in [6.07, 6.45) is 6.15. The van der Waals surface area contributed by atoms with Gasteiger partial charge in [-0.3, -0.25) is 4.79 Å². The molecule has 1 aliphatic carbocycles. The Labute approximate surface area is 154 Å². The number of ether oxygens (including phenoxy) is 1. The van der Waals surface area contributed by atoms with Crippen LogP contribution in [0.3, 0.4) is 0 Å². The lowest BCUT2D eigenvalue weighted by molar-refractivity contribution is 0.0622. The third-order valence-electron chi connectivity index (χ3n) is 5.47. The van der Waals surface area contributed by atoms with Crippen molar-refractivity contribution in [3.63, 3.8) is 0 Å². The minimum atomic E-state index is 0.0249.